The maximum atomic E-state index is 14.1. The summed E-state index contributed by atoms with van der Waals surface area (Å²) < 4.78 is 28.2. The van der Waals surface area contributed by atoms with Gasteiger partial charge >= 0.3 is 0 Å². The molecule has 2 aliphatic heterocycles. The summed E-state index contributed by atoms with van der Waals surface area (Å²) in [6, 6.07) is 13.3. The Morgan fingerprint density at radius 1 is 1.05 bits per heavy atom. The molecule has 2 aromatic carbocycles. The molecule has 1 fully saturated rings. The molecular weight excluding hydrogens is 498 g/mol. The molecule has 2 atom stereocenters. The van der Waals surface area contributed by atoms with Crippen LogP contribution in [0.2, 0.25) is 0 Å². The highest BCUT2D eigenvalue weighted by Gasteiger charge is 2.51. The first-order valence-corrected chi connectivity index (χ1v) is 13.2. The fraction of sp³-hybridized carbons (Fsp3) is 0.290. The van der Waals surface area contributed by atoms with Crippen LogP contribution in [0.1, 0.15) is 47.6 Å². The number of nitrogens with one attached hydrogen (secondary N) is 1. The summed E-state index contributed by atoms with van der Waals surface area (Å²) in [7, 11) is 0. The number of fused-ring (bicyclic) bond motifs is 3. The van der Waals surface area contributed by atoms with E-state index in [0.29, 0.717) is 29.9 Å². The van der Waals surface area contributed by atoms with Crippen LogP contribution in [0.5, 0.6) is 0 Å². The molecule has 2 amide bonds. The van der Waals surface area contributed by atoms with E-state index in [4.69, 9.17) is 4.99 Å². The number of nitrogens with zero attached hydrogens (tertiary/aromatic N) is 3. The summed E-state index contributed by atoms with van der Waals surface area (Å²) in [5.74, 6) is -0.855. The maximum Gasteiger partial charge on any atom is 0.270 e. The molecular formula is C31H26F2N4O2. The number of pyridine rings is 1. The quantitative estimate of drug-likeness (QED) is 0.515. The van der Waals surface area contributed by atoms with Crippen molar-refractivity contribution in [2.45, 2.75) is 43.7 Å². The van der Waals surface area contributed by atoms with E-state index in [1.54, 1.807) is 18.0 Å². The SMILES string of the molecule is CC1(c2cc(F)cc(F)c2)N=C(C2CC2)C(=O)N1C/C=C/c1ccc2c(c1)C[C@@]1(C2)C(=O)Nc2ncccc21. The number of anilines is 1. The lowest BCUT2D eigenvalue weighted by molar-refractivity contribution is -0.127. The van der Waals surface area contributed by atoms with Crippen molar-refractivity contribution in [3.63, 3.8) is 0 Å². The van der Waals surface area contributed by atoms with Gasteiger partial charge in [0.05, 0.1) is 5.41 Å². The smallest absolute Gasteiger partial charge is 0.270 e. The van der Waals surface area contributed by atoms with E-state index in [2.05, 4.69) is 22.4 Å². The van der Waals surface area contributed by atoms with Crippen molar-refractivity contribution in [2.24, 2.45) is 10.9 Å². The second kappa shape index (κ2) is 8.40. The summed E-state index contributed by atoms with van der Waals surface area (Å²) in [6.45, 7) is 1.96. The van der Waals surface area contributed by atoms with Gasteiger partial charge in [0, 0.05) is 35.9 Å². The normalized spacial score (nSPS) is 25.4. The second-order valence-electron chi connectivity index (χ2n) is 11.1. The Morgan fingerprint density at radius 3 is 2.59 bits per heavy atom. The zero-order chi connectivity index (χ0) is 26.9. The third-order valence-corrected chi connectivity index (χ3v) is 8.50. The molecule has 0 bridgehead atoms. The van der Waals surface area contributed by atoms with Crippen LogP contribution in [0.25, 0.3) is 6.08 Å². The van der Waals surface area contributed by atoms with Crippen LogP contribution in [0.15, 0.2) is 65.8 Å². The summed E-state index contributed by atoms with van der Waals surface area (Å²) >= 11 is 0. The largest absolute Gasteiger partial charge is 0.310 e. The van der Waals surface area contributed by atoms with Crippen LogP contribution in [-0.2, 0) is 33.5 Å². The van der Waals surface area contributed by atoms with Gasteiger partial charge < -0.3 is 10.2 Å². The fourth-order valence-corrected chi connectivity index (χ4v) is 6.29. The molecule has 39 heavy (non-hydrogen) atoms. The maximum absolute atomic E-state index is 14.1. The Balaban J connectivity index is 1.14. The molecule has 3 heterocycles. The average Bonchev–Trinajstić information content (AvgIpc) is 3.55. The predicted octanol–water partition coefficient (Wildman–Crippen LogP) is 4.93. The third-order valence-electron chi connectivity index (χ3n) is 8.50. The lowest BCUT2D eigenvalue weighted by Gasteiger charge is -2.33. The van der Waals surface area contributed by atoms with Crippen molar-refractivity contribution >= 4 is 29.4 Å². The molecule has 2 aliphatic carbocycles. The Labute approximate surface area is 224 Å². The van der Waals surface area contributed by atoms with Crippen LogP contribution in [0.3, 0.4) is 0 Å². The fourth-order valence-electron chi connectivity index (χ4n) is 6.29. The summed E-state index contributed by atoms with van der Waals surface area (Å²) in [6.07, 6.45) is 8.52. The number of carbonyl (C=O) groups is 2. The lowest BCUT2D eigenvalue weighted by atomic mass is 9.79. The highest BCUT2D eigenvalue weighted by atomic mass is 19.1. The van der Waals surface area contributed by atoms with Crippen molar-refractivity contribution in [3.8, 4) is 0 Å². The molecule has 4 aliphatic rings. The van der Waals surface area contributed by atoms with Gasteiger partial charge in [0.2, 0.25) is 5.91 Å². The van der Waals surface area contributed by atoms with Gasteiger partial charge in [-0.1, -0.05) is 36.4 Å². The van der Waals surface area contributed by atoms with E-state index in [1.165, 1.54) is 12.1 Å². The van der Waals surface area contributed by atoms with Gasteiger partial charge in [0.15, 0.2) is 5.66 Å². The number of rotatable bonds is 5. The first-order chi connectivity index (χ1) is 18.8. The van der Waals surface area contributed by atoms with Gasteiger partial charge in [0.25, 0.3) is 5.91 Å². The van der Waals surface area contributed by atoms with Gasteiger partial charge in [-0.05, 0) is 67.5 Å². The van der Waals surface area contributed by atoms with Gasteiger partial charge in [0.1, 0.15) is 23.2 Å². The average molecular weight is 525 g/mol. The summed E-state index contributed by atoms with van der Waals surface area (Å²) in [4.78, 5) is 37.0. The summed E-state index contributed by atoms with van der Waals surface area (Å²) in [5.41, 5.74) is 3.11. The van der Waals surface area contributed by atoms with Crippen LogP contribution in [0, 0.1) is 17.6 Å². The predicted molar refractivity (Wildman–Crippen MR) is 143 cm³/mol. The molecule has 196 valence electrons. The van der Waals surface area contributed by atoms with Crippen molar-refractivity contribution in [1.82, 2.24) is 9.88 Å². The Kier molecular flexibility index (Phi) is 5.14. The number of amides is 2. The van der Waals surface area contributed by atoms with E-state index in [-0.39, 0.29) is 24.3 Å². The van der Waals surface area contributed by atoms with Gasteiger partial charge in [-0.3, -0.25) is 14.6 Å². The van der Waals surface area contributed by atoms with Crippen LogP contribution < -0.4 is 5.32 Å². The van der Waals surface area contributed by atoms with Gasteiger partial charge in [-0.15, -0.1) is 0 Å². The first-order valence-electron chi connectivity index (χ1n) is 13.2. The van der Waals surface area contributed by atoms with Crippen molar-refractivity contribution in [3.05, 3.63) is 100 Å². The Bertz CT molecular complexity index is 1610. The monoisotopic (exact) mass is 524 g/mol. The standard InChI is InChI=1S/C31H26F2N4O2/c1-30(22-13-23(32)15-24(33)14-22)36-26(19-8-9-19)28(38)37(30)11-3-4-18-6-7-20-16-31(17-21(20)12-18)25-5-2-10-34-27(25)35-29(31)39/h2-7,10,12-15,19H,8-9,11,16-17H2,1H3,(H,34,35,39)/b4-3+/t30?,31-/m1/s1. The van der Waals surface area contributed by atoms with Crippen LogP contribution in [-0.4, -0.2) is 34.0 Å². The van der Waals surface area contributed by atoms with Gasteiger partial charge in [-0.2, -0.15) is 0 Å². The van der Waals surface area contributed by atoms with Crippen LogP contribution >= 0.6 is 0 Å². The Hall–Kier alpha value is -4.20. The number of aromatic nitrogens is 1. The van der Waals surface area contributed by atoms with E-state index >= 15 is 0 Å². The number of carbonyl (C=O) groups excluding carboxylic acids is 2. The molecule has 1 N–H and O–H groups in total. The van der Waals surface area contributed by atoms with E-state index < -0.39 is 22.7 Å². The zero-order valence-electron chi connectivity index (χ0n) is 21.4. The van der Waals surface area contributed by atoms with E-state index in [1.807, 2.05) is 30.4 Å². The minimum Gasteiger partial charge on any atom is -0.310 e. The minimum absolute atomic E-state index is 0.0171. The Morgan fingerprint density at radius 2 is 1.82 bits per heavy atom. The van der Waals surface area contributed by atoms with Gasteiger partial charge in [-0.25, -0.2) is 13.8 Å². The molecule has 1 unspecified atom stereocenters. The van der Waals surface area contributed by atoms with Crippen LogP contribution in [0.4, 0.5) is 14.6 Å². The molecule has 8 heteroatoms. The van der Waals surface area contributed by atoms with Crippen molar-refractivity contribution in [1.29, 1.82) is 0 Å². The molecule has 7 rings (SSSR count). The molecule has 0 radical (unpaired) electrons. The van der Waals surface area contributed by atoms with E-state index in [0.717, 1.165) is 41.2 Å². The highest BCUT2D eigenvalue weighted by molar-refractivity contribution is 6.41. The number of hydrogen-bond acceptors (Lipinski definition) is 4. The highest BCUT2D eigenvalue weighted by Crippen LogP contribution is 2.47. The molecule has 6 nitrogen and oxygen atoms in total. The topological polar surface area (TPSA) is 74.7 Å². The molecule has 1 saturated carbocycles. The van der Waals surface area contributed by atoms with E-state index in [9.17, 15) is 18.4 Å². The molecule has 0 saturated heterocycles. The zero-order valence-corrected chi connectivity index (χ0v) is 21.4. The molecule has 1 aromatic heterocycles. The van der Waals surface area contributed by atoms with Crippen molar-refractivity contribution < 1.29 is 18.4 Å². The lowest BCUT2D eigenvalue weighted by Crippen LogP contribution is -2.43. The second-order valence-corrected chi connectivity index (χ2v) is 11.1. The number of halogens is 2. The number of hydrogen-bond donors (Lipinski definition) is 1. The first kappa shape index (κ1) is 23.9. The third kappa shape index (κ3) is 3.72. The number of aliphatic imine (C=N–C) groups is 1. The number of benzene rings is 2. The minimum atomic E-state index is -1.19. The molecule has 1 spiro atoms. The molecule has 3 aromatic rings. The van der Waals surface area contributed by atoms with Crippen molar-refractivity contribution in [2.75, 3.05) is 11.9 Å². The summed E-state index contributed by atoms with van der Waals surface area (Å²) in [5, 5.41) is 2.93.